The van der Waals surface area contributed by atoms with Crippen molar-refractivity contribution in [1.29, 1.82) is 0 Å². The largest absolute Gasteiger partial charge is 0.394 e. The minimum atomic E-state index is -0.319. The van der Waals surface area contributed by atoms with Gasteiger partial charge in [0.25, 0.3) is 0 Å². The van der Waals surface area contributed by atoms with Gasteiger partial charge in [-0.1, -0.05) is 35.5 Å². The lowest BCUT2D eigenvalue weighted by molar-refractivity contribution is -0.122. The number of pyridine rings is 1. The highest BCUT2D eigenvalue weighted by molar-refractivity contribution is 5.76. The molecule has 0 bridgehead atoms. The van der Waals surface area contributed by atoms with Crippen molar-refractivity contribution in [1.82, 2.24) is 20.4 Å². The predicted molar refractivity (Wildman–Crippen MR) is 95.0 cm³/mol. The molecule has 0 spiro atoms. The van der Waals surface area contributed by atoms with Gasteiger partial charge in [-0.15, -0.1) is 0 Å². The standard InChI is InChI=1S/C19H20N4O3/c24-13-16(12-14-4-2-1-3-5-14)21-17(25)6-7-18-22-19(23-26-18)15-8-10-20-11-9-15/h1-5,8-11,16,24H,6-7,12-13H2,(H,21,25)/t16-/m0/s1. The van der Waals surface area contributed by atoms with E-state index in [1.165, 1.54) is 0 Å². The third-order valence-corrected chi connectivity index (χ3v) is 3.88. The molecule has 0 aliphatic rings. The first kappa shape index (κ1) is 17.8. The Labute approximate surface area is 151 Å². The molecule has 2 heterocycles. The molecule has 0 fully saturated rings. The van der Waals surface area contributed by atoms with Crippen molar-refractivity contribution in [2.24, 2.45) is 0 Å². The third kappa shape index (κ3) is 4.97. The van der Waals surface area contributed by atoms with Crippen molar-refractivity contribution in [2.75, 3.05) is 6.61 Å². The fraction of sp³-hybridized carbons (Fsp3) is 0.263. The summed E-state index contributed by atoms with van der Waals surface area (Å²) in [6, 6.07) is 13.0. The second-order valence-corrected chi connectivity index (χ2v) is 5.88. The number of aryl methyl sites for hydroxylation is 1. The van der Waals surface area contributed by atoms with Crippen LogP contribution >= 0.6 is 0 Å². The molecular weight excluding hydrogens is 332 g/mol. The van der Waals surface area contributed by atoms with Gasteiger partial charge in [0.2, 0.25) is 17.6 Å². The SMILES string of the molecule is O=C(CCc1nc(-c2ccncc2)no1)N[C@H](CO)Cc1ccccc1. The lowest BCUT2D eigenvalue weighted by Crippen LogP contribution is -2.39. The third-order valence-electron chi connectivity index (χ3n) is 3.88. The molecule has 3 aromatic rings. The Bertz CT molecular complexity index is 821. The lowest BCUT2D eigenvalue weighted by atomic mass is 10.1. The molecule has 7 nitrogen and oxygen atoms in total. The summed E-state index contributed by atoms with van der Waals surface area (Å²) in [5.41, 5.74) is 1.87. The molecule has 0 aliphatic carbocycles. The molecule has 1 amide bonds. The van der Waals surface area contributed by atoms with E-state index in [0.29, 0.717) is 24.6 Å². The molecule has 26 heavy (non-hydrogen) atoms. The van der Waals surface area contributed by atoms with Crippen molar-refractivity contribution in [3.05, 3.63) is 66.3 Å². The van der Waals surface area contributed by atoms with Crippen molar-refractivity contribution in [2.45, 2.75) is 25.3 Å². The highest BCUT2D eigenvalue weighted by Gasteiger charge is 2.14. The molecule has 134 valence electrons. The van der Waals surface area contributed by atoms with E-state index in [1.54, 1.807) is 24.5 Å². The van der Waals surface area contributed by atoms with Crippen molar-refractivity contribution >= 4 is 5.91 Å². The topological polar surface area (TPSA) is 101 Å². The number of aliphatic hydroxyl groups is 1. The van der Waals surface area contributed by atoms with Gasteiger partial charge in [0, 0.05) is 30.8 Å². The summed E-state index contributed by atoms with van der Waals surface area (Å²) in [5, 5.41) is 16.2. The summed E-state index contributed by atoms with van der Waals surface area (Å²) in [5.74, 6) is 0.708. The molecule has 0 saturated carbocycles. The number of carbonyl (C=O) groups is 1. The molecular formula is C19H20N4O3. The van der Waals surface area contributed by atoms with Gasteiger partial charge in [0.1, 0.15) is 0 Å². The predicted octanol–water partition coefficient (Wildman–Crippen LogP) is 1.78. The number of rotatable bonds is 8. The molecule has 7 heteroatoms. The number of aliphatic hydroxyl groups excluding tert-OH is 1. The number of carbonyl (C=O) groups excluding carboxylic acids is 1. The van der Waals surface area contributed by atoms with Gasteiger partial charge in [-0.05, 0) is 24.1 Å². The number of benzene rings is 1. The molecule has 2 N–H and O–H groups in total. The number of hydrogen-bond acceptors (Lipinski definition) is 6. The Balaban J connectivity index is 1.50. The van der Waals surface area contributed by atoms with Gasteiger partial charge in [0.15, 0.2) is 0 Å². The van der Waals surface area contributed by atoms with E-state index in [4.69, 9.17) is 4.52 Å². The fourth-order valence-electron chi connectivity index (χ4n) is 2.55. The first-order valence-electron chi connectivity index (χ1n) is 8.41. The maximum atomic E-state index is 12.1. The van der Waals surface area contributed by atoms with E-state index in [2.05, 4.69) is 20.4 Å². The zero-order valence-electron chi connectivity index (χ0n) is 14.2. The van der Waals surface area contributed by atoms with E-state index in [0.717, 1.165) is 11.1 Å². The summed E-state index contributed by atoms with van der Waals surface area (Å²) in [6.45, 7) is -0.118. The maximum Gasteiger partial charge on any atom is 0.227 e. The molecule has 1 aromatic carbocycles. The van der Waals surface area contributed by atoms with Crippen molar-refractivity contribution < 1.29 is 14.4 Å². The van der Waals surface area contributed by atoms with Gasteiger partial charge in [0.05, 0.1) is 12.6 Å². The highest BCUT2D eigenvalue weighted by atomic mass is 16.5. The average Bonchev–Trinajstić information content (AvgIpc) is 3.16. The average molecular weight is 352 g/mol. The summed E-state index contributed by atoms with van der Waals surface area (Å²) in [4.78, 5) is 20.4. The van der Waals surface area contributed by atoms with Crippen LogP contribution in [0.1, 0.15) is 17.9 Å². The number of nitrogens with one attached hydrogen (secondary N) is 1. The Morgan fingerprint density at radius 3 is 2.65 bits per heavy atom. The van der Waals surface area contributed by atoms with E-state index in [1.807, 2.05) is 30.3 Å². The second-order valence-electron chi connectivity index (χ2n) is 5.88. The summed E-state index contributed by atoms with van der Waals surface area (Å²) < 4.78 is 5.19. The maximum absolute atomic E-state index is 12.1. The van der Waals surface area contributed by atoms with Crippen molar-refractivity contribution in [3.63, 3.8) is 0 Å². The molecule has 0 unspecified atom stereocenters. The Hall–Kier alpha value is -3.06. The number of aromatic nitrogens is 3. The van der Waals surface area contributed by atoms with E-state index in [9.17, 15) is 9.90 Å². The molecule has 0 radical (unpaired) electrons. The summed E-state index contributed by atoms with van der Waals surface area (Å²) in [6.07, 6.45) is 4.44. The molecule has 2 aromatic heterocycles. The van der Waals surface area contributed by atoms with Crippen LogP contribution in [0.3, 0.4) is 0 Å². The van der Waals surface area contributed by atoms with Gasteiger partial charge >= 0.3 is 0 Å². The van der Waals surface area contributed by atoms with Crippen molar-refractivity contribution in [3.8, 4) is 11.4 Å². The monoisotopic (exact) mass is 352 g/mol. The van der Waals surface area contributed by atoms with Gasteiger partial charge in [-0.2, -0.15) is 4.98 Å². The quantitative estimate of drug-likeness (QED) is 0.641. The van der Waals surface area contributed by atoms with E-state index in [-0.39, 0.29) is 25.0 Å². The highest BCUT2D eigenvalue weighted by Crippen LogP contribution is 2.14. The van der Waals surface area contributed by atoms with Crippen LogP contribution in [0.25, 0.3) is 11.4 Å². The number of nitrogens with zero attached hydrogens (tertiary/aromatic N) is 3. The Kier molecular flexibility index (Phi) is 6.05. The van der Waals surface area contributed by atoms with Gasteiger partial charge in [-0.3, -0.25) is 9.78 Å². The summed E-state index contributed by atoms with van der Waals surface area (Å²) in [7, 11) is 0. The molecule has 1 atom stereocenters. The van der Waals surface area contributed by atoms with Crippen LogP contribution < -0.4 is 5.32 Å². The van der Waals surface area contributed by atoms with Crippen LogP contribution in [0.15, 0.2) is 59.4 Å². The zero-order valence-corrected chi connectivity index (χ0v) is 14.2. The first-order valence-corrected chi connectivity index (χ1v) is 8.41. The number of amides is 1. The Morgan fingerprint density at radius 1 is 1.15 bits per heavy atom. The van der Waals surface area contributed by atoms with Crippen LogP contribution in [0.5, 0.6) is 0 Å². The van der Waals surface area contributed by atoms with E-state index < -0.39 is 0 Å². The number of hydrogen-bond donors (Lipinski definition) is 2. The van der Waals surface area contributed by atoms with Gasteiger partial charge in [-0.25, -0.2) is 0 Å². The lowest BCUT2D eigenvalue weighted by Gasteiger charge is -2.16. The Morgan fingerprint density at radius 2 is 1.92 bits per heavy atom. The van der Waals surface area contributed by atoms with Crippen LogP contribution in [-0.2, 0) is 17.6 Å². The van der Waals surface area contributed by atoms with E-state index >= 15 is 0 Å². The minimum absolute atomic E-state index is 0.118. The molecule has 0 saturated heterocycles. The minimum Gasteiger partial charge on any atom is -0.394 e. The first-order chi connectivity index (χ1) is 12.7. The molecule has 3 rings (SSSR count). The van der Waals surface area contributed by atoms with Crippen LogP contribution in [0.4, 0.5) is 0 Å². The van der Waals surface area contributed by atoms with Crippen LogP contribution in [0, 0.1) is 0 Å². The normalized spacial score (nSPS) is 11.9. The van der Waals surface area contributed by atoms with Gasteiger partial charge < -0.3 is 14.9 Å². The molecule has 0 aliphatic heterocycles. The van der Waals surface area contributed by atoms with Crippen LogP contribution in [0.2, 0.25) is 0 Å². The zero-order chi connectivity index (χ0) is 18.2. The smallest absolute Gasteiger partial charge is 0.227 e. The van der Waals surface area contributed by atoms with Crippen LogP contribution in [-0.4, -0.2) is 38.8 Å². The fourth-order valence-corrected chi connectivity index (χ4v) is 2.55. The summed E-state index contributed by atoms with van der Waals surface area (Å²) >= 11 is 0. The second kappa shape index (κ2) is 8.87.